The molecular formula is C20H26N4O3. The van der Waals surface area contributed by atoms with E-state index in [1.54, 1.807) is 31.9 Å². The van der Waals surface area contributed by atoms with Gasteiger partial charge in [-0.25, -0.2) is 4.98 Å². The third-order valence-corrected chi connectivity index (χ3v) is 4.49. The van der Waals surface area contributed by atoms with Crippen LogP contribution in [0, 0.1) is 6.92 Å². The lowest BCUT2D eigenvalue weighted by Crippen LogP contribution is -2.50. The lowest BCUT2D eigenvalue weighted by Gasteiger charge is -2.30. The zero-order valence-corrected chi connectivity index (χ0v) is 16.2. The quantitative estimate of drug-likeness (QED) is 0.870. The van der Waals surface area contributed by atoms with Gasteiger partial charge in [0.25, 0.3) is 0 Å². The first-order valence-corrected chi connectivity index (χ1v) is 9.05. The van der Waals surface area contributed by atoms with Gasteiger partial charge in [0, 0.05) is 18.3 Å². The molecule has 0 aliphatic carbocycles. The van der Waals surface area contributed by atoms with E-state index in [1.165, 1.54) is 0 Å². The molecule has 2 aromatic rings. The first-order valence-electron chi connectivity index (χ1n) is 9.05. The molecule has 7 heteroatoms. The molecule has 7 nitrogen and oxygen atoms in total. The highest BCUT2D eigenvalue weighted by Crippen LogP contribution is 2.33. The van der Waals surface area contributed by atoms with Crippen LogP contribution in [0.15, 0.2) is 30.3 Å². The van der Waals surface area contributed by atoms with Crippen LogP contribution in [-0.4, -0.2) is 40.0 Å². The minimum absolute atomic E-state index is 0.0901. The fraction of sp³-hybridized carbons (Fsp3) is 0.450. The van der Waals surface area contributed by atoms with Gasteiger partial charge in [-0.3, -0.25) is 4.79 Å². The summed E-state index contributed by atoms with van der Waals surface area (Å²) in [5.41, 5.74) is 5.88. The molecule has 0 saturated carbocycles. The number of methoxy groups -OCH3 is 1. The average Bonchev–Trinajstić information content (AvgIpc) is 3.10. The van der Waals surface area contributed by atoms with E-state index in [0.717, 1.165) is 24.3 Å². The van der Waals surface area contributed by atoms with Gasteiger partial charge < -0.3 is 20.1 Å². The number of likely N-dealkylation sites (tertiary alicyclic amines) is 1. The molecule has 27 heavy (non-hydrogen) atoms. The van der Waals surface area contributed by atoms with E-state index >= 15 is 0 Å². The summed E-state index contributed by atoms with van der Waals surface area (Å²) in [6, 6.07) is 8.88. The maximum Gasteiger partial charge on any atom is 0.242 e. The molecular weight excluding hydrogens is 344 g/mol. The molecule has 1 fully saturated rings. The molecule has 1 aliphatic heterocycles. The second-order valence-corrected chi connectivity index (χ2v) is 7.36. The molecule has 1 unspecified atom stereocenters. The molecule has 3 rings (SSSR count). The molecule has 1 saturated heterocycles. The van der Waals surface area contributed by atoms with Crippen LogP contribution in [0.3, 0.4) is 0 Å². The van der Waals surface area contributed by atoms with Gasteiger partial charge >= 0.3 is 0 Å². The molecule has 0 bridgehead atoms. The van der Waals surface area contributed by atoms with Gasteiger partial charge in [-0.2, -0.15) is 4.98 Å². The second kappa shape index (κ2) is 7.52. The van der Waals surface area contributed by atoms with E-state index in [-0.39, 0.29) is 11.9 Å². The molecule has 1 aromatic heterocycles. The number of carbonyl (C=O) groups excluding carboxylic acids is 1. The van der Waals surface area contributed by atoms with E-state index in [0.29, 0.717) is 24.0 Å². The molecule has 1 atom stereocenters. The normalized spacial score (nSPS) is 17.1. The maximum atomic E-state index is 12.7. The molecule has 2 heterocycles. The molecule has 1 amide bonds. The summed E-state index contributed by atoms with van der Waals surface area (Å²) in [5.74, 6) is 2.36. The molecule has 2 N–H and O–H groups in total. The number of amides is 1. The van der Waals surface area contributed by atoms with Crippen LogP contribution in [0.1, 0.15) is 44.2 Å². The summed E-state index contributed by atoms with van der Waals surface area (Å²) in [4.78, 5) is 23.6. The molecule has 144 valence electrons. The lowest BCUT2D eigenvalue weighted by molar-refractivity contribution is -0.136. The van der Waals surface area contributed by atoms with Crippen molar-refractivity contribution in [2.45, 2.75) is 45.2 Å². The molecule has 0 radical (unpaired) electrons. The standard InChI is InChI=1S/C20H26N4O3/c1-13-12-17(27-15-9-7-14(26-4)8-10-15)23-18(22-13)16-6-5-11-24(16)19(25)20(2,3)21/h7-10,12,16H,5-6,11,21H2,1-4H3. The molecule has 1 aliphatic rings. The topological polar surface area (TPSA) is 90.6 Å². The Hall–Kier alpha value is -2.67. The second-order valence-electron chi connectivity index (χ2n) is 7.36. The summed E-state index contributed by atoms with van der Waals surface area (Å²) in [6.07, 6.45) is 1.71. The monoisotopic (exact) mass is 370 g/mol. The van der Waals surface area contributed by atoms with Crippen molar-refractivity contribution in [3.63, 3.8) is 0 Å². The number of benzene rings is 1. The Kier molecular flexibility index (Phi) is 5.32. The summed E-state index contributed by atoms with van der Waals surface area (Å²) < 4.78 is 11.0. The first-order chi connectivity index (χ1) is 12.8. The van der Waals surface area contributed by atoms with Crippen molar-refractivity contribution in [1.82, 2.24) is 14.9 Å². The number of hydrogen-bond acceptors (Lipinski definition) is 6. The van der Waals surface area contributed by atoms with Crippen molar-refractivity contribution in [3.05, 3.63) is 41.9 Å². The van der Waals surface area contributed by atoms with Crippen molar-refractivity contribution in [2.24, 2.45) is 5.73 Å². The Labute approximate surface area is 159 Å². The number of aryl methyl sites for hydroxylation is 1. The highest BCUT2D eigenvalue weighted by Gasteiger charge is 2.37. The zero-order valence-electron chi connectivity index (χ0n) is 16.2. The van der Waals surface area contributed by atoms with Crippen LogP contribution in [0.5, 0.6) is 17.4 Å². The van der Waals surface area contributed by atoms with E-state index in [1.807, 2.05) is 31.2 Å². The third-order valence-electron chi connectivity index (χ3n) is 4.49. The smallest absolute Gasteiger partial charge is 0.242 e. The number of ether oxygens (including phenoxy) is 2. The van der Waals surface area contributed by atoms with Gasteiger partial charge in [0.1, 0.15) is 11.5 Å². The van der Waals surface area contributed by atoms with Crippen LogP contribution in [0.25, 0.3) is 0 Å². The number of hydrogen-bond donors (Lipinski definition) is 1. The predicted octanol–water partition coefficient (Wildman–Crippen LogP) is 2.99. The van der Waals surface area contributed by atoms with Crippen LogP contribution in [0.4, 0.5) is 0 Å². The van der Waals surface area contributed by atoms with E-state index in [2.05, 4.69) is 9.97 Å². The number of aromatic nitrogens is 2. The number of rotatable bonds is 5. The van der Waals surface area contributed by atoms with Crippen LogP contribution in [0.2, 0.25) is 0 Å². The Morgan fingerprint density at radius 2 is 1.89 bits per heavy atom. The summed E-state index contributed by atoms with van der Waals surface area (Å²) >= 11 is 0. The number of nitrogens with two attached hydrogens (primary N) is 1. The Balaban J connectivity index is 1.85. The van der Waals surface area contributed by atoms with Crippen molar-refractivity contribution >= 4 is 5.91 Å². The van der Waals surface area contributed by atoms with Crippen molar-refractivity contribution in [1.29, 1.82) is 0 Å². The average molecular weight is 370 g/mol. The summed E-state index contributed by atoms with van der Waals surface area (Å²) in [6.45, 7) is 6.00. The van der Waals surface area contributed by atoms with Crippen LogP contribution in [-0.2, 0) is 4.79 Å². The van der Waals surface area contributed by atoms with Crippen molar-refractivity contribution in [2.75, 3.05) is 13.7 Å². The van der Waals surface area contributed by atoms with Crippen molar-refractivity contribution < 1.29 is 14.3 Å². The summed E-state index contributed by atoms with van der Waals surface area (Å²) in [5, 5.41) is 0. The minimum atomic E-state index is -0.922. The zero-order chi connectivity index (χ0) is 19.6. The van der Waals surface area contributed by atoms with E-state index in [4.69, 9.17) is 15.2 Å². The lowest BCUT2D eigenvalue weighted by atomic mass is 10.0. The predicted molar refractivity (Wildman–Crippen MR) is 102 cm³/mol. The van der Waals surface area contributed by atoms with Crippen molar-refractivity contribution in [3.8, 4) is 17.4 Å². The number of carbonyl (C=O) groups is 1. The van der Waals surface area contributed by atoms with E-state index in [9.17, 15) is 4.79 Å². The minimum Gasteiger partial charge on any atom is -0.497 e. The van der Waals surface area contributed by atoms with Crippen LogP contribution >= 0.6 is 0 Å². The van der Waals surface area contributed by atoms with Gasteiger partial charge in [0.15, 0.2) is 5.82 Å². The van der Waals surface area contributed by atoms with Gasteiger partial charge in [-0.1, -0.05) is 0 Å². The maximum absolute atomic E-state index is 12.7. The van der Waals surface area contributed by atoms with E-state index < -0.39 is 5.54 Å². The summed E-state index contributed by atoms with van der Waals surface area (Å²) in [7, 11) is 1.62. The van der Waals surface area contributed by atoms with Gasteiger partial charge in [0.05, 0.1) is 18.7 Å². The Bertz CT molecular complexity index is 815. The highest BCUT2D eigenvalue weighted by atomic mass is 16.5. The SMILES string of the molecule is COc1ccc(Oc2cc(C)nc(C3CCCN3C(=O)C(C)(C)N)n2)cc1. The van der Waals surface area contributed by atoms with Gasteiger partial charge in [-0.15, -0.1) is 0 Å². The fourth-order valence-corrected chi connectivity index (χ4v) is 3.18. The largest absolute Gasteiger partial charge is 0.497 e. The van der Waals surface area contributed by atoms with Gasteiger partial charge in [-0.05, 0) is 57.9 Å². The van der Waals surface area contributed by atoms with Crippen LogP contribution < -0.4 is 15.2 Å². The van der Waals surface area contributed by atoms with Gasteiger partial charge in [0.2, 0.25) is 11.8 Å². The third kappa shape index (κ3) is 4.36. The Morgan fingerprint density at radius 1 is 1.22 bits per heavy atom. The molecule has 0 spiro atoms. The molecule has 1 aromatic carbocycles. The highest BCUT2D eigenvalue weighted by molar-refractivity contribution is 5.85. The fourth-order valence-electron chi connectivity index (χ4n) is 3.18. The first kappa shape index (κ1) is 19.1. The Morgan fingerprint density at radius 3 is 2.52 bits per heavy atom. The number of nitrogens with zero attached hydrogens (tertiary/aromatic N) is 3.